The van der Waals surface area contributed by atoms with Gasteiger partial charge in [0, 0.05) is 0 Å². The molecule has 0 amide bonds. The Bertz CT molecular complexity index is 318. The van der Waals surface area contributed by atoms with E-state index in [4.69, 9.17) is 0 Å². The highest BCUT2D eigenvalue weighted by molar-refractivity contribution is 5.16. The molecule has 0 unspecified atom stereocenters. The van der Waals surface area contributed by atoms with Crippen LogP contribution in [0.15, 0.2) is 61.3 Å². The normalized spacial score (nSPS) is 11.6. The average molecular weight is 331 g/mol. The second-order valence-electron chi connectivity index (χ2n) is 6.06. The molecule has 0 rings (SSSR count). The molecule has 0 aliphatic rings. The first-order valence-corrected chi connectivity index (χ1v) is 10.1. The summed E-state index contributed by atoms with van der Waals surface area (Å²) in [7, 11) is 0. The van der Waals surface area contributed by atoms with Crippen LogP contribution in [0.1, 0.15) is 91.4 Å². The lowest BCUT2D eigenvalue weighted by Crippen LogP contribution is -1.80. The number of hydrogen-bond acceptors (Lipinski definition) is 0. The summed E-state index contributed by atoms with van der Waals surface area (Å²) < 4.78 is 0. The minimum Gasteiger partial charge on any atom is -0.0991 e. The summed E-state index contributed by atoms with van der Waals surface area (Å²) in [5, 5.41) is 0. The van der Waals surface area contributed by atoms with Crippen LogP contribution in [0.25, 0.3) is 0 Å². The third-order valence-corrected chi connectivity index (χ3v) is 3.63. The van der Waals surface area contributed by atoms with E-state index in [9.17, 15) is 0 Å². The number of rotatable bonds is 14. The van der Waals surface area contributed by atoms with E-state index in [1.807, 2.05) is 42.5 Å². The molecule has 0 N–H and O–H groups in total. The van der Waals surface area contributed by atoms with Gasteiger partial charge in [-0.15, -0.1) is 0 Å². The topological polar surface area (TPSA) is 0 Å². The van der Waals surface area contributed by atoms with Gasteiger partial charge in [-0.2, -0.15) is 0 Å². The summed E-state index contributed by atoms with van der Waals surface area (Å²) >= 11 is 0. The zero-order valence-electron chi connectivity index (χ0n) is 16.7. The highest BCUT2D eigenvalue weighted by atomic mass is 14.0. The Kier molecular flexibility index (Phi) is 27.6. The van der Waals surface area contributed by atoms with Gasteiger partial charge in [-0.1, -0.05) is 146 Å². The molecule has 0 bridgehead atoms. The molecule has 0 nitrogen and oxygen atoms in total. The fourth-order valence-electron chi connectivity index (χ4n) is 2.17. The average Bonchev–Trinajstić information content (AvgIpc) is 2.60. The molecule has 24 heavy (non-hydrogen) atoms. The largest absolute Gasteiger partial charge is 0.0991 e. The Labute approximate surface area is 153 Å². The van der Waals surface area contributed by atoms with Gasteiger partial charge in [0.1, 0.15) is 0 Å². The lowest BCUT2D eigenvalue weighted by Gasteiger charge is -1.99. The quantitative estimate of drug-likeness (QED) is 0.220. The Hall–Kier alpha value is -1.30. The van der Waals surface area contributed by atoms with E-state index in [1.165, 1.54) is 64.2 Å². The van der Waals surface area contributed by atoms with Crippen molar-refractivity contribution < 1.29 is 0 Å². The van der Waals surface area contributed by atoms with E-state index >= 15 is 0 Å². The molecule has 0 saturated heterocycles. The van der Waals surface area contributed by atoms with Crippen molar-refractivity contribution in [3.63, 3.8) is 0 Å². The third-order valence-electron chi connectivity index (χ3n) is 3.63. The van der Waals surface area contributed by atoms with Gasteiger partial charge in [0.2, 0.25) is 0 Å². The van der Waals surface area contributed by atoms with E-state index in [1.54, 1.807) is 6.08 Å². The highest BCUT2D eigenvalue weighted by Gasteiger charge is 1.90. The molecule has 0 spiro atoms. The molecule has 0 aliphatic heterocycles. The second-order valence-corrected chi connectivity index (χ2v) is 6.06. The molecule has 138 valence electrons. The molecule has 0 radical (unpaired) electrons. The Morgan fingerprint density at radius 2 is 0.875 bits per heavy atom. The van der Waals surface area contributed by atoms with E-state index in [-0.39, 0.29) is 0 Å². The molecule has 0 saturated carbocycles. The minimum absolute atomic E-state index is 1.09. The van der Waals surface area contributed by atoms with Gasteiger partial charge in [0.05, 0.1) is 0 Å². The van der Waals surface area contributed by atoms with Crippen molar-refractivity contribution in [1.82, 2.24) is 0 Å². The van der Waals surface area contributed by atoms with E-state index in [2.05, 4.69) is 33.4 Å². The Morgan fingerprint density at radius 1 is 0.500 bits per heavy atom. The van der Waals surface area contributed by atoms with Crippen LogP contribution >= 0.6 is 0 Å². The lowest BCUT2D eigenvalue weighted by molar-refractivity contribution is 0.562. The zero-order valence-corrected chi connectivity index (χ0v) is 16.7. The molecule has 0 aromatic rings. The van der Waals surface area contributed by atoms with Crippen molar-refractivity contribution in [3.05, 3.63) is 61.3 Å². The maximum absolute atomic E-state index is 3.57. The Balaban J connectivity index is 0. The predicted octanol–water partition coefficient (Wildman–Crippen LogP) is 8.73. The monoisotopic (exact) mass is 330 g/mol. The van der Waals surface area contributed by atoms with Crippen molar-refractivity contribution >= 4 is 0 Å². The summed E-state index contributed by atoms with van der Waals surface area (Å²) in [6, 6.07) is 0. The molecule has 0 fully saturated rings. The highest BCUT2D eigenvalue weighted by Crippen LogP contribution is 2.09. The number of allylic oxidation sites excluding steroid dienone is 9. The second kappa shape index (κ2) is 26.6. The number of unbranched alkanes of at least 4 members (excludes halogenated alkanes) is 9. The maximum Gasteiger partial charge on any atom is -0.0376 e. The number of hydrogen-bond donors (Lipinski definition) is 0. The molecular formula is C24H42. The van der Waals surface area contributed by atoms with Gasteiger partial charge in [0.15, 0.2) is 0 Å². The first-order valence-electron chi connectivity index (χ1n) is 10.1. The van der Waals surface area contributed by atoms with Gasteiger partial charge in [-0.25, -0.2) is 0 Å². The molecule has 0 heteroatoms. The molecule has 0 aromatic heterocycles. The minimum atomic E-state index is 1.09. The van der Waals surface area contributed by atoms with Crippen LogP contribution in [0, 0.1) is 0 Å². The summed E-state index contributed by atoms with van der Waals surface area (Å²) in [6.07, 6.45) is 33.3. The van der Waals surface area contributed by atoms with Gasteiger partial charge in [0.25, 0.3) is 0 Å². The first-order chi connectivity index (χ1) is 11.8. The van der Waals surface area contributed by atoms with Crippen LogP contribution in [-0.4, -0.2) is 0 Å². The smallest absolute Gasteiger partial charge is 0.0376 e. The summed E-state index contributed by atoms with van der Waals surface area (Å²) in [6.45, 7) is 10.2. The predicted molar refractivity (Wildman–Crippen MR) is 115 cm³/mol. The van der Waals surface area contributed by atoms with Crippen LogP contribution < -0.4 is 0 Å². The van der Waals surface area contributed by atoms with Crippen molar-refractivity contribution in [2.45, 2.75) is 91.4 Å². The van der Waals surface area contributed by atoms with Crippen LogP contribution in [0.5, 0.6) is 0 Å². The molecular weight excluding hydrogens is 288 g/mol. The van der Waals surface area contributed by atoms with E-state index < -0.39 is 0 Å². The van der Waals surface area contributed by atoms with Crippen molar-refractivity contribution in [3.8, 4) is 0 Å². The van der Waals surface area contributed by atoms with E-state index in [0.717, 1.165) is 6.42 Å². The van der Waals surface area contributed by atoms with Gasteiger partial charge >= 0.3 is 0 Å². The van der Waals surface area contributed by atoms with Crippen molar-refractivity contribution in [1.29, 1.82) is 0 Å². The fourth-order valence-corrected chi connectivity index (χ4v) is 2.17. The molecule has 0 aromatic carbocycles. The van der Waals surface area contributed by atoms with Crippen molar-refractivity contribution in [2.75, 3.05) is 0 Å². The summed E-state index contributed by atoms with van der Waals surface area (Å²) in [4.78, 5) is 0. The van der Waals surface area contributed by atoms with E-state index in [0.29, 0.717) is 0 Å². The van der Waals surface area contributed by atoms with Gasteiger partial charge < -0.3 is 0 Å². The first kappa shape index (κ1) is 24.9. The SMILES string of the molecule is C=CC=CC=CC=CC=CCC.CCCCCCCCCCCC. The molecule has 0 heterocycles. The van der Waals surface area contributed by atoms with Crippen LogP contribution in [0.4, 0.5) is 0 Å². The van der Waals surface area contributed by atoms with Crippen molar-refractivity contribution in [2.24, 2.45) is 0 Å². The lowest BCUT2D eigenvalue weighted by atomic mass is 10.1. The van der Waals surface area contributed by atoms with Crippen LogP contribution in [0.3, 0.4) is 0 Å². The van der Waals surface area contributed by atoms with Gasteiger partial charge in [-0.05, 0) is 6.42 Å². The van der Waals surface area contributed by atoms with Crippen LogP contribution in [-0.2, 0) is 0 Å². The standard InChI is InChI=1S/C12H26.C12H16/c2*1-3-5-7-9-11-12-10-8-6-4-2/h3-12H2,1-2H3;3,5-12H,1,4H2,2H3. The maximum atomic E-state index is 3.57. The Morgan fingerprint density at radius 3 is 1.25 bits per heavy atom. The van der Waals surface area contributed by atoms with Gasteiger partial charge in [-0.3, -0.25) is 0 Å². The molecule has 0 aliphatic carbocycles. The summed E-state index contributed by atoms with van der Waals surface area (Å²) in [5.41, 5.74) is 0. The zero-order chi connectivity index (χ0) is 18.1. The third kappa shape index (κ3) is 28.8. The summed E-state index contributed by atoms with van der Waals surface area (Å²) in [5.74, 6) is 0. The fraction of sp³-hybridized carbons (Fsp3) is 0.583. The molecule has 0 atom stereocenters. The van der Waals surface area contributed by atoms with Crippen LogP contribution in [0.2, 0.25) is 0 Å².